The normalized spacial score (nSPS) is 13.8. The second kappa shape index (κ2) is 5.68. The van der Waals surface area contributed by atoms with Gasteiger partial charge in [-0.25, -0.2) is 0 Å². The molecule has 2 nitrogen and oxygen atoms in total. The summed E-state index contributed by atoms with van der Waals surface area (Å²) in [7, 11) is 0. The summed E-state index contributed by atoms with van der Waals surface area (Å²) in [6, 6.07) is 15.0. The predicted octanol–water partition coefficient (Wildman–Crippen LogP) is 4.23. The highest BCUT2D eigenvalue weighted by Crippen LogP contribution is 2.33. The average molecular weight is 289 g/mol. The summed E-state index contributed by atoms with van der Waals surface area (Å²) in [5.74, 6) is -0.869. The van der Waals surface area contributed by atoms with Crippen molar-refractivity contribution in [3.05, 3.63) is 70.2 Å². The van der Waals surface area contributed by atoms with Gasteiger partial charge < -0.3 is 5.11 Å². The number of benzene rings is 2. The van der Waals surface area contributed by atoms with Crippen molar-refractivity contribution in [2.45, 2.75) is 25.7 Å². The van der Waals surface area contributed by atoms with Crippen LogP contribution in [0.15, 0.2) is 48.5 Å². The maximum atomic E-state index is 11.8. The zero-order chi connectivity index (χ0) is 14.8. The van der Waals surface area contributed by atoms with Gasteiger partial charge in [-0.05, 0) is 37.5 Å². The molecule has 2 aromatic rings. The lowest BCUT2D eigenvalue weighted by Crippen LogP contribution is -2.35. The quantitative estimate of drug-likeness (QED) is 0.914. The summed E-state index contributed by atoms with van der Waals surface area (Å²) in [6.07, 6.45) is 0.409. The Bertz CT molecular complexity index is 619. The Morgan fingerprint density at radius 3 is 2.30 bits per heavy atom. The fourth-order valence-corrected chi connectivity index (χ4v) is 2.65. The van der Waals surface area contributed by atoms with Crippen LogP contribution in [0.4, 0.5) is 0 Å². The largest absolute Gasteiger partial charge is 0.481 e. The Morgan fingerprint density at radius 1 is 1.15 bits per heavy atom. The van der Waals surface area contributed by atoms with Gasteiger partial charge in [-0.1, -0.05) is 59.6 Å². The molecule has 1 unspecified atom stereocenters. The highest BCUT2D eigenvalue weighted by Gasteiger charge is 2.36. The molecule has 0 aliphatic heterocycles. The van der Waals surface area contributed by atoms with Crippen molar-refractivity contribution in [2.24, 2.45) is 0 Å². The van der Waals surface area contributed by atoms with Gasteiger partial charge in [-0.3, -0.25) is 4.79 Å². The van der Waals surface area contributed by atoms with E-state index in [1.54, 1.807) is 25.1 Å². The molecule has 0 spiro atoms. The number of rotatable bonds is 4. The Labute approximate surface area is 124 Å². The maximum Gasteiger partial charge on any atom is 0.314 e. The summed E-state index contributed by atoms with van der Waals surface area (Å²) < 4.78 is 0. The molecule has 2 rings (SSSR count). The van der Waals surface area contributed by atoms with Crippen molar-refractivity contribution >= 4 is 17.6 Å². The number of halogens is 1. The average Bonchev–Trinajstić information content (AvgIpc) is 2.41. The molecule has 1 atom stereocenters. The van der Waals surface area contributed by atoms with Gasteiger partial charge in [0.25, 0.3) is 0 Å². The molecule has 1 N–H and O–H groups in total. The first-order chi connectivity index (χ1) is 9.43. The molecule has 0 aliphatic carbocycles. The van der Waals surface area contributed by atoms with Gasteiger partial charge >= 0.3 is 5.97 Å². The Kier molecular flexibility index (Phi) is 4.15. The fraction of sp³-hybridized carbons (Fsp3) is 0.235. The first kappa shape index (κ1) is 14.6. The van der Waals surface area contributed by atoms with Crippen molar-refractivity contribution < 1.29 is 9.90 Å². The maximum absolute atomic E-state index is 11.8. The number of carboxylic acid groups (broad SMARTS) is 1. The molecule has 2 aromatic carbocycles. The van der Waals surface area contributed by atoms with Gasteiger partial charge in [0.05, 0.1) is 5.41 Å². The summed E-state index contributed by atoms with van der Waals surface area (Å²) in [4.78, 5) is 11.8. The van der Waals surface area contributed by atoms with E-state index < -0.39 is 11.4 Å². The molecule has 20 heavy (non-hydrogen) atoms. The van der Waals surface area contributed by atoms with Crippen LogP contribution in [0.1, 0.15) is 23.6 Å². The summed E-state index contributed by atoms with van der Waals surface area (Å²) in [5, 5.41) is 10.2. The van der Waals surface area contributed by atoms with Crippen LogP contribution in [-0.2, 0) is 16.6 Å². The first-order valence-corrected chi connectivity index (χ1v) is 6.85. The van der Waals surface area contributed by atoms with E-state index in [1.165, 1.54) is 0 Å². The third-order valence-electron chi connectivity index (χ3n) is 3.62. The minimum Gasteiger partial charge on any atom is -0.481 e. The SMILES string of the molecule is Cc1ccc(CC(C)(C(=O)O)c2ccccc2Cl)cc1. The smallest absolute Gasteiger partial charge is 0.314 e. The predicted molar refractivity (Wildman–Crippen MR) is 81.3 cm³/mol. The third-order valence-corrected chi connectivity index (χ3v) is 3.95. The van der Waals surface area contributed by atoms with E-state index in [2.05, 4.69) is 0 Å². The highest BCUT2D eigenvalue weighted by atomic mass is 35.5. The fourth-order valence-electron chi connectivity index (χ4n) is 2.31. The molecule has 0 heterocycles. The van der Waals surface area contributed by atoms with Crippen LogP contribution < -0.4 is 0 Å². The number of carboxylic acids is 1. The van der Waals surface area contributed by atoms with Crippen LogP contribution in [0.2, 0.25) is 5.02 Å². The summed E-state index contributed by atoms with van der Waals surface area (Å²) in [5.41, 5.74) is 1.76. The monoisotopic (exact) mass is 288 g/mol. The molecule has 0 radical (unpaired) electrons. The molecule has 0 bridgehead atoms. The minimum absolute atomic E-state index is 0.409. The van der Waals surface area contributed by atoms with Gasteiger partial charge in [0.2, 0.25) is 0 Å². The molecule has 0 aliphatic rings. The van der Waals surface area contributed by atoms with Crippen LogP contribution in [0.3, 0.4) is 0 Å². The van der Waals surface area contributed by atoms with Crippen molar-refractivity contribution in [3.63, 3.8) is 0 Å². The molecule has 0 saturated heterocycles. The molecule has 3 heteroatoms. The van der Waals surface area contributed by atoms with Gasteiger partial charge in [-0.15, -0.1) is 0 Å². The Morgan fingerprint density at radius 2 is 1.75 bits per heavy atom. The zero-order valence-corrected chi connectivity index (χ0v) is 12.3. The topological polar surface area (TPSA) is 37.3 Å². The highest BCUT2D eigenvalue weighted by molar-refractivity contribution is 6.31. The number of hydrogen-bond donors (Lipinski definition) is 1. The van der Waals surface area contributed by atoms with Crippen LogP contribution in [-0.4, -0.2) is 11.1 Å². The molecule has 0 aromatic heterocycles. The molecular weight excluding hydrogens is 272 g/mol. The molecule has 0 fully saturated rings. The van der Waals surface area contributed by atoms with Gasteiger partial charge in [0.1, 0.15) is 0 Å². The Hall–Kier alpha value is -1.80. The van der Waals surface area contributed by atoms with E-state index >= 15 is 0 Å². The summed E-state index contributed by atoms with van der Waals surface area (Å²) in [6.45, 7) is 3.73. The standard InChI is InChI=1S/C17H17ClO2/c1-12-7-9-13(10-8-12)11-17(2,16(19)20)14-5-3-4-6-15(14)18/h3-10H,11H2,1-2H3,(H,19,20). The number of carbonyl (C=O) groups is 1. The van der Waals surface area contributed by atoms with E-state index in [0.29, 0.717) is 17.0 Å². The van der Waals surface area contributed by atoms with E-state index in [-0.39, 0.29) is 0 Å². The number of aryl methyl sites for hydroxylation is 1. The lowest BCUT2D eigenvalue weighted by atomic mass is 9.77. The van der Waals surface area contributed by atoms with Crippen molar-refractivity contribution in [1.29, 1.82) is 0 Å². The molecule has 0 amide bonds. The number of aliphatic carboxylic acids is 1. The lowest BCUT2D eigenvalue weighted by Gasteiger charge is -2.26. The second-order valence-corrected chi connectivity index (χ2v) is 5.69. The van der Waals surface area contributed by atoms with E-state index in [1.807, 2.05) is 37.3 Å². The van der Waals surface area contributed by atoms with Crippen molar-refractivity contribution in [1.82, 2.24) is 0 Å². The van der Waals surface area contributed by atoms with Gasteiger partial charge in [-0.2, -0.15) is 0 Å². The van der Waals surface area contributed by atoms with Crippen LogP contribution in [0.25, 0.3) is 0 Å². The van der Waals surface area contributed by atoms with E-state index in [9.17, 15) is 9.90 Å². The van der Waals surface area contributed by atoms with Gasteiger partial charge in [0.15, 0.2) is 0 Å². The lowest BCUT2D eigenvalue weighted by molar-refractivity contribution is -0.143. The van der Waals surface area contributed by atoms with Crippen LogP contribution in [0, 0.1) is 6.92 Å². The third kappa shape index (κ3) is 2.86. The minimum atomic E-state index is -1.03. The number of hydrogen-bond acceptors (Lipinski definition) is 1. The zero-order valence-electron chi connectivity index (χ0n) is 11.6. The van der Waals surface area contributed by atoms with Crippen LogP contribution in [0.5, 0.6) is 0 Å². The van der Waals surface area contributed by atoms with Gasteiger partial charge in [0, 0.05) is 5.02 Å². The first-order valence-electron chi connectivity index (χ1n) is 6.47. The molecular formula is C17H17ClO2. The van der Waals surface area contributed by atoms with Crippen molar-refractivity contribution in [3.8, 4) is 0 Å². The molecule has 104 valence electrons. The van der Waals surface area contributed by atoms with Crippen LogP contribution >= 0.6 is 11.6 Å². The van der Waals surface area contributed by atoms with E-state index in [0.717, 1.165) is 11.1 Å². The molecule has 0 saturated carbocycles. The second-order valence-electron chi connectivity index (χ2n) is 5.28. The van der Waals surface area contributed by atoms with Crippen molar-refractivity contribution in [2.75, 3.05) is 0 Å². The Balaban J connectivity index is 2.43. The van der Waals surface area contributed by atoms with E-state index in [4.69, 9.17) is 11.6 Å². The summed E-state index contributed by atoms with van der Waals surface area (Å²) >= 11 is 6.18.